The van der Waals surface area contributed by atoms with Crippen LogP contribution in [0.2, 0.25) is 5.02 Å². The first-order valence-corrected chi connectivity index (χ1v) is 7.18. The minimum atomic E-state index is -0.416. The van der Waals surface area contributed by atoms with Gasteiger partial charge in [0.2, 0.25) is 0 Å². The SMILES string of the molecule is O=[N+]([O-])c1cccc(Cl)c1Cn1cc(CNC2CC2)cn1. The second kappa shape index (κ2) is 5.83. The molecule has 2 aromatic rings. The van der Waals surface area contributed by atoms with E-state index in [4.69, 9.17) is 11.6 Å². The molecule has 1 aliphatic carbocycles. The molecule has 6 nitrogen and oxygen atoms in total. The molecule has 0 atom stereocenters. The Bertz CT molecular complexity index is 667. The molecule has 0 aliphatic heterocycles. The summed E-state index contributed by atoms with van der Waals surface area (Å²) >= 11 is 6.08. The van der Waals surface area contributed by atoms with E-state index in [1.54, 1.807) is 23.0 Å². The third kappa shape index (κ3) is 3.40. The van der Waals surface area contributed by atoms with Crippen LogP contribution in [0, 0.1) is 10.1 Å². The van der Waals surface area contributed by atoms with Crippen LogP contribution >= 0.6 is 11.6 Å². The van der Waals surface area contributed by atoms with Gasteiger partial charge in [0.05, 0.1) is 28.3 Å². The molecule has 0 spiro atoms. The van der Waals surface area contributed by atoms with Crippen molar-refractivity contribution >= 4 is 17.3 Å². The van der Waals surface area contributed by atoms with Crippen molar-refractivity contribution in [2.24, 2.45) is 0 Å². The van der Waals surface area contributed by atoms with Crippen molar-refractivity contribution < 1.29 is 4.92 Å². The number of rotatable bonds is 6. The van der Waals surface area contributed by atoms with Crippen LogP contribution in [0.3, 0.4) is 0 Å². The van der Waals surface area contributed by atoms with Crippen molar-refractivity contribution in [3.8, 4) is 0 Å². The minimum absolute atomic E-state index is 0.0238. The van der Waals surface area contributed by atoms with Crippen molar-refractivity contribution in [2.75, 3.05) is 0 Å². The molecule has 1 aliphatic rings. The Labute approximate surface area is 126 Å². The van der Waals surface area contributed by atoms with Gasteiger partial charge in [-0.25, -0.2) is 0 Å². The van der Waals surface area contributed by atoms with Gasteiger partial charge >= 0.3 is 0 Å². The summed E-state index contributed by atoms with van der Waals surface area (Å²) in [6, 6.07) is 5.33. The maximum absolute atomic E-state index is 11.1. The fourth-order valence-electron chi connectivity index (χ4n) is 2.17. The zero-order valence-corrected chi connectivity index (χ0v) is 12.1. The van der Waals surface area contributed by atoms with Gasteiger partial charge in [-0.2, -0.15) is 5.10 Å². The summed E-state index contributed by atoms with van der Waals surface area (Å²) in [7, 11) is 0. The molecule has 1 aromatic carbocycles. The van der Waals surface area contributed by atoms with E-state index in [0.29, 0.717) is 23.2 Å². The summed E-state index contributed by atoms with van der Waals surface area (Å²) in [5.41, 5.74) is 1.57. The summed E-state index contributed by atoms with van der Waals surface area (Å²) < 4.78 is 1.68. The summed E-state index contributed by atoms with van der Waals surface area (Å²) in [5, 5.41) is 19.1. The Morgan fingerprint density at radius 3 is 3.00 bits per heavy atom. The molecule has 3 rings (SSSR count). The van der Waals surface area contributed by atoms with E-state index >= 15 is 0 Å². The molecule has 1 saturated carbocycles. The van der Waals surface area contributed by atoms with E-state index < -0.39 is 4.92 Å². The monoisotopic (exact) mass is 306 g/mol. The number of nitro benzene ring substituents is 1. The van der Waals surface area contributed by atoms with Gasteiger partial charge in [-0.1, -0.05) is 17.7 Å². The van der Waals surface area contributed by atoms with Gasteiger partial charge in [-0.05, 0) is 18.9 Å². The Morgan fingerprint density at radius 1 is 1.48 bits per heavy atom. The first-order valence-electron chi connectivity index (χ1n) is 6.80. The smallest absolute Gasteiger partial charge is 0.275 e. The molecule has 7 heteroatoms. The molecular formula is C14H15ClN4O2. The molecule has 0 saturated heterocycles. The van der Waals surface area contributed by atoms with E-state index in [0.717, 1.165) is 12.1 Å². The van der Waals surface area contributed by atoms with Crippen molar-refractivity contribution in [1.82, 2.24) is 15.1 Å². The number of nitrogens with one attached hydrogen (secondary N) is 1. The summed E-state index contributed by atoms with van der Waals surface area (Å²) in [4.78, 5) is 10.6. The van der Waals surface area contributed by atoms with E-state index in [2.05, 4.69) is 10.4 Å². The largest absolute Gasteiger partial charge is 0.310 e. The van der Waals surface area contributed by atoms with Gasteiger partial charge in [0.1, 0.15) is 0 Å². The maximum Gasteiger partial charge on any atom is 0.275 e. The molecule has 110 valence electrons. The van der Waals surface area contributed by atoms with E-state index in [1.165, 1.54) is 18.9 Å². The van der Waals surface area contributed by atoms with Crippen LogP contribution in [-0.2, 0) is 13.1 Å². The quantitative estimate of drug-likeness (QED) is 0.658. The number of hydrogen-bond acceptors (Lipinski definition) is 4. The van der Waals surface area contributed by atoms with Gasteiger partial charge in [0, 0.05) is 30.4 Å². The molecule has 0 unspecified atom stereocenters. The van der Waals surface area contributed by atoms with Crippen LogP contribution in [0.1, 0.15) is 24.0 Å². The average molecular weight is 307 g/mol. The summed E-state index contributed by atoms with van der Waals surface area (Å²) in [6.45, 7) is 1.06. The Hall–Kier alpha value is -1.92. The average Bonchev–Trinajstić information content (AvgIpc) is 3.18. The molecule has 0 radical (unpaired) electrons. The lowest BCUT2D eigenvalue weighted by Gasteiger charge is -2.05. The predicted octanol–water partition coefficient (Wildman–Crippen LogP) is 2.75. The first-order chi connectivity index (χ1) is 10.1. The van der Waals surface area contributed by atoms with Gasteiger partial charge in [0.25, 0.3) is 5.69 Å². The molecule has 1 fully saturated rings. The van der Waals surface area contributed by atoms with Crippen molar-refractivity contribution in [3.63, 3.8) is 0 Å². The molecule has 0 amide bonds. The van der Waals surface area contributed by atoms with Crippen LogP contribution in [0.25, 0.3) is 0 Å². The van der Waals surface area contributed by atoms with Gasteiger partial charge in [-0.15, -0.1) is 0 Å². The molecule has 0 bridgehead atoms. The van der Waals surface area contributed by atoms with Crippen molar-refractivity contribution in [3.05, 3.63) is 56.9 Å². The van der Waals surface area contributed by atoms with Crippen LogP contribution in [0.5, 0.6) is 0 Å². The van der Waals surface area contributed by atoms with Crippen molar-refractivity contribution in [2.45, 2.75) is 32.0 Å². The number of nitro groups is 1. The Balaban J connectivity index is 1.75. The second-order valence-electron chi connectivity index (χ2n) is 5.20. The normalized spacial score (nSPS) is 14.3. The number of benzene rings is 1. The fraction of sp³-hybridized carbons (Fsp3) is 0.357. The highest BCUT2D eigenvalue weighted by Crippen LogP contribution is 2.27. The third-order valence-electron chi connectivity index (χ3n) is 3.47. The highest BCUT2D eigenvalue weighted by atomic mass is 35.5. The minimum Gasteiger partial charge on any atom is -0.310 e. The van der Waals surface area contributed by atoms with Gasteiger partial charge in [-0.3, -0.25) is 14.8 Å². The van der Waals surface area contributed by atoms with Crippen LogP contribution < -0.4 is 5.32 Å². The van der Waals surface area contributed by atoms with E-state index in [9.17, 15) is 10.1 Å². The molecular weight excluding hydrogens is 292 g/mol. The van der Waals surface area contributed by atoms with Crippen LogP contribution in [-0.4, -0.2) is 20.7 Å². The number of halogens is 1. The van der Waals surface area contributed by atoms with Gasteiger partial charge in [0.15, 0.2) is 0 Å². The fourth-order valence-corrected chi connectivity index (χ4v) is 2.40. The second-order valence-corrected chi connectivity index (χ2v) is 5.60. The summed E-state index contributed by atoms with van der Waals surface area (Å²) in [5.74, 6) is 0. The first kappa shape index (κ1) is 14.0. The number of nitrogens with zero attached hydrogens (tertiary/aromatic N) is 3. The highest BCUT2D eigenvalue weighted by molar-refractivity contribution is 6.31. The zero-order chi connectivity index (χ0) is 14.8. The summed E-state index contributed by atoms with van der Waals surface area (Å²) in [6.07, 6.45) is 6.14. The standard InChI is InChI=1S/C14H15ClN4O2/c15-13-2-1-3-14(19(20)21)12(13)9-18-8-10(7-17-18)6-16-11-4-5-11/h1-3,7-8,11,16H,4-6,9H2. The highest BCUT2D eigenvalue weighted by Gasteiger charge is 2.20. The topological polar surface area (TPSA) is 73.0 Å². The lowest BCUT2D eigenvalue weighted by Crippen LogP contribution is -2.14. The molecule has 1 aromatic heterocycles. The number of hydrogen-bond donors (Lipinski definition) is 1. The Morgan fingerprint density at radius 2 is 2.29 bits per heavy atom. The molecule has 1 N–H and O–H groups in total. The molecule has 1 heterocycles. The van der Waals surface area contributed by atoms with E-state index in [1.807, 2.05) is 6.20 Å². The zero-order valence-electron chi connectivity index (χ0n) is 11.3. The lowest BCUT2D eigenvalue weighted by molar-refractivity contribution is -0.385. The lowest BCUT2D eigenvalue weighted by atomic mass is 10.2. The maximum atomic E-state index is 11.1. The van der Waals surface area contributed by atoms with Crippen LogP contribution in [0.15, 0.2) is 30.6 Å². The Kier molecular flexibility index (Phi) is 3.90. The predicted molar refractivity (Wildman–Crippen MR) is 79.3 cm³/mol. The van der Waals surface area contributed by atoms with E-state index in [-0.39, 0.29) is 5.69 Å². The van der Waals surface area contributed by atoms with Crippen LogP contribution in [0.4, 0.5) is 5.69 Å². The third-order valence-corrected chi connectivity index (χ3v) is 3.82. The van der Waals surface area contributed by atoms with Crippen molar-refractivity contribution in [1.29, 1.82) is 0 Å². The van der Waals surface area contributed by atoms with Gasteiger partial charge < -0.3 is 5.32 Å². The molecule has 21 heavy (non-hydrogen) atoms. The number of aromatic nitrogens is 2.